The lowest BCUT2D eigenvalue weighted by Crippen LogP contribution is -2.21. The zero-order valence-electron chi connectivity index (χ0n) is 11.1. The molecule has 0 radical (unpaired) electrons. The van der Waals surface area contributed by atoms with Crippen molar-refractivity contribution in [3.8, 4) is 0 Å². The highest BCUT2D eigenvalue weighted by Gasteiger charge is 2.11. The van der Waals surface area contributed by atoms with E-state index in [2.05, 4.69) is 15.1 Å². The second-order valence-electron chi connectivity index (χ2n) is 4.41. The highest BCUT2D eigenvalue weighted by atomic mass is 16.5. The Labute approximate surface area is 106 Å². The van der Waals surface area contributed by atoms with Gasteiger partial charge in [-0.25, -0.2) is 4.98 Å². The summed E-state index contributed by atoms with van der Waals surface area (Å²) < 4.78 is 5.07. The van der Waals surface area contributed by atoms with Crippen molar-refractivity contribution in [1.29, 1.82) is 0 Å². The van der Waals surface area contributed by atoms with Gasteiger partial charge in [-0.1, -0.05) is 5.16 Å². The number of aryl methyl sites for hydroxylation is 1. The van der Waals surface area contributed by atoms with E-state index in [0.717, 1.165) is 17.1 Å². The number of hydrogen-bond acceptors (Lipinski definition) is 6. The van der Waals surface area contributed by atoms with Crippen molar-refractivity contribution in [3.05, 3.63) is 29.8 Å². The maximum Gasteiger partial charge on any atom is 0.227 e. The van der Waals surface area contributed by atoms with E-state index >= 15 is 0 Å². The molecular weight excluding hydrogens is 230 g/mol. The molecule has 6 nitrogen and oxygen atoms in total. The second kappa shape index (κ2) is 5.03. The Bertz CT molecular complexity index is 509. The maximum atomic E-state index is 5.07. The summed E-state index contributed by atoms with van der Waals surface area (Å²) in [6.45, 7) is 2.59. The zero-order chi connectivity index (χ0) is 13.1. The highest BCUT2D eigenvalue weighted by molar-refractivity contribution is 5.48. The third kappa shape index (κ3) is 2.58. The van der Waals surface area contributed by atoms with E-state index < -0.39 is 0 Å². The van der Waals surface area contributed by atoms with Crippen LogP contribution in [0.4, 0.5) is 11.8 Å². The van der Waals surface area contributed by atoms with Crippen LogP contribution in [0, 0.1) is 6.92 Å². The topological polar surface area (TPSA) is 58.3 Å². The molecule has 0 aromatic carbocycles. The normalized spacial score (nSPS) is 10.4. The van der Waals surface area contributed by atoms with Crippen LogP contribution in [0.1, 0.15) is 11.3 Å². The van der Waals surface area contributed by atoms with Crippen LogP contribution in [0.3, 0.4) is 0 Å². The summed E-state index contributed by atoms with van der Waals surface area (Å²) in [5, 5.41) is 3.68. The quantitative estimate of drug-likeness (QED) is 0.815. The summed E-state index contributed by atoms with van der Waals surface area (Å²) in [5.41, 5.74) is 1.05. The summed E-state index contributed by atoms with van der Waals surface area (Å²) in [6.07, 6.45) is 3.46. The molecule has 0 aliphatic rings. The van der Waals surface area contributed by atoms with Gasteiger partial charge in [-0.15, -0.1) is 0 Å². The van der Waals surface area contributed by atoms with Crippen molar-refractivity contribution >= 4 is 11.8 Å². The van der Waals surface area contributed by atoms with Gasteiger partial charge in [0.15, 0.2) is 5.76 Å². The zero-order valence-corrected chi connectivity index (χ0v) is 11.1. The fourth-order valence-corrected chi connectivity index (χ4v) is 1.69. The molecule has 96 valence electrons. The first kappa shape index (κ1) is 12.3. The molecular formula is C12H17N5O. The fraction of sp³-hybridized carbons (Fsp3) is 0.417. The van der Waals surface area contributed by atoms with Crippen LogP contribution in [0.2, 0.25) is 0 Å². The van der Waals surface area contributed by atoms with Crippen molar-refractivity contribution in [2.45, 2.75) is 13.5 Å². The third-order valence-corrected chi connectivity index (χ3v) is 2.58. The summed E-state index contributed by atoms with van der Waals surface area (Å²) >= 11 is 0. The molecule has 6 heteroatoms. The Hall–Kier alpha value is -2.11. The van der Waals surface area contributed by atoms with E-state index in [4.69, 9.17) is 4.52 Å². The largest absolute Gasteiger partial charge is 0.362 e. The second-order valence-corrected chi connectivity index (χ2v) is 4.41. The van der Waals surface area contributed by atoms with E-state index in [9.17, 15) is 0 Å². The van der Waals surface area contributed by atoms with Crippen molar-refractivity contribution in [1.82, 2.24) is 15.1 Å². The van der Waals surface area contributed by atoms with Crippen molar-refractivity contribution < 1.29 is 4.52 Å². The van der Waals surface area contributed by atoms with Crippen molar-refractivity contribution in [2.24, 2.45) is 0 Å². The standard InChI is InChI=1S/C12H17N5O/c1-9-7-13-12(15-11(9)16(2)3)17(4)8-10-5-6-14-18-10/h5-7H,8H2,1-4H3. The molecule has 2 heterocycles. The molecule has 0 saturated heterocycles. The van der Waals surface area contributed by atoms with Crippen molar-refractivity contribution in [3.63, 3.8) is 0 Å². The number of aromatic nitrogens is 3. The molecule has 18 heavy (non-hydrogen) atoms. The number of hydrogen-bond donors (Lipinski definition) is 0. The minimum absolute atomic E-state index is 0.593. The van der Waals surface area contributed by atoms with E-state index in [-0.39, 0.29) is 0 Å². The summed E-state index contributed by atoms with van der Waals surface area (Å²) in [7, 11) is 5.86. The van der Waals surface area contributed by atoms with Gasteiger partial charge in [-0.2, -0.15) is 4.98 Å². The molecule has 2 aromatic heterocycles. The SMILES string of the molecule is Cc1cnc(N(C)Cc2ccno2)nc1N(C)C. The van der Waals surface area contributed by atoms with E-state index in [1.54, 1.807) is 6.20 Å². The Morgan fingerprint density at radius 1 is 1.28 bits per heavy atom. The van der Waals surface area contributed by atoms with Crippen LogP contribution in [-0.4, -0.2) is 36.3 Å². The molecule has 2 aromatic rings. The highest BCUT2D eigenvalue weighted by Crippen LogP contribution is 2.18. The molecule has 0 spiro atoms. The molecule has 0 aliphatic carbocycles. The van der Waals surface area contributed by atoms with Crippen LogP contribution in [0.15, 0.2) is 23.0 Å². The van der Waals surface area contributed by atoms with Gasteiger partial charge in [0.25, 0.3) is 0 Å². The van der Waals surface area contributed by atoms with E-state index in [1.807, 2.05) is 50.1 Å². The van der Waals surface area contributed by atoms with Gasteiger partial charge < -0.3 is 14.3 Å². The lowest BCUT2D eigenvalue weighted by atomic mass is 10.3. The molecule has 0 bridgehead atoms. The van der Waals surface area contributed by atoms with Crippen LogP contribution < -0.4 is 9.80 Å². The van der Waals surface area contributed by atoms with E-state index in [1.165, 1.54) is 0 Å². The van der Waals surface area contributed by atoms with Crippen LogP contribution >= 0.6 is 0 Å². The Morgan fingerprint density at radius 3 is 2.67 bits per heavy atom. The molecule has 0 fully saturated rings. The molecule has 0 saturated carbocycles. The Balaban J connectivity index is 2.20. The predicted octanol–water partition coefficient (Wildman–Crippen LogP) is 1.48. The first-order chi connectivity index (χ1) is 8.58. The average Bonchev–Trinajstić information content (AvgIpc) is 2.81. The Morgan fingerprint density at radius 2 is 2.06 bits per heavy atom. The minimum atomic E-state index is 0.593. The first-order valence-corrected chi connectivity index (χ1v) is 5.69. The average molecular weight is 247 g/mol. The molecule has 0 aliphatic heterocycles. The van der Waals surface area contributed by atoms with Crippen molar-refractivity contribution in [2.75, 3.05) is 30.9 Å². The van der Waals surface area contributed by atoms with Gasteiger partial charge in [-0.3, -0.25) is 0 Å². The van der Waals surface area contributed by atoms with Gasteiger partial charge >= 0.3 is 0 Å². The lowest BCUT2D eigenvalue weighted by molar-refractivity contribution is 0.382. The molecule has 0 N–H and O–H groups in total. The smallest absolute Gasteiger partial charge is 0.227 e. The summed E-state index contributed by atoms with van der Waals surface area (Å²) in [5.74, 6) is 2.37. The maximum absolute atomic E-state index is 5.07. The summed E-state index contributed by atoms with van der Waals surface area (Å²) in [6, 6.07) is 1.83. The lowest BCUT2D eigenvalue weighted by Gasteiger charge is -2.19. The first-order valence-electron chi connectivity index (χ1n) is 5.69. The molecule has 2 rings (SSSR count). The van der Waals surface area contributed by atoms with Gasteiger partial charge in [0.2, 0.25) is 5.95 Å². The number of rotatable bonds is 4. The minimum Gasteiger partial charge on any atom is -0.362 e. The Kier molecular flexibility index (Phi) is 3.45. The monoisotopic (exact) mass is 247 g/mol. The molecule has 0 atom stereocenters. The number of nitrogens with zero attached hydrogens (tertiary/aromatic N) is 5. The summed E-state index contributed by atoms with van der Waals surface area (Å²) in [4.78, 5) is 12.8. The van der Waals surface area contributed by atoms with Gasteiger partial charge in [0.05, 0.1) is 12.7 Å². The molecule has 0 unspecified atom stereocenters. The van der Waals surface area contributed by atoms with Gasteiger partial charge in [-0.05, 0) is 6.92 Å². The van der Waals surface area contributed by atoms with E-state index in [0.29, 0.717) is 12.5 Å². The van der Waals surface area contributed by atoms with Gasteiger partial charge in [0.1, 0.15) is 5.82 Å². The van der Waals surface area contributed by atoms with Crippen LogP contribution in [-0.2, 0) is 6.54 Å². The van der Waals surface area contributed by atoms with Gasteiger partial charge in [0, 0.05) is 39.0 Å². The van der Waals surface area contributed by atoms with Crippen LogP contribution in [0.5, 0.6) is 0 Å². The van der Waals surface area contributed by atoms with Crippen LogP contribution in [0.25, 0.3) is 0 Å². The number of anilines is 2. The third-order valence-electron chi connectivity index (χ3n) is 2.58. The molecule has 0 amide bonds. The fourth-order valence-electron chi connectivity index (χ4n) is 1.69. The predicted molar refractivity (Wildman–Crippen MR) is 69.7 cm³/mol.